The van der Waals surface area contributed by atoms with Gasteiger partial charge in [0.2, 0.25) is 0 Å². The maximum absolute atomic E-state index is 11.6. The zero-order chi connectivity index (χ0) is 16.9. The summed E-state index contributed by atoms with van der Waals surface area (Å²) in [4.78, 5) is 22.9. The Morgan fingerprint density at radius 1 is 1.36 bits per heavy atom. The molecule has 122 valence electrons. The summed E-state index contributed by atoms with van der Waals surface area (Å²) in [7, 11) is 0. The van der Waals surface area contributed by atoms with E-state index in [2.05, 4.69) is 10.6 Å². The molecule has 0 fully saturated rings. The number of hydrogen-bond donors (Lipinski definition) is 4. The van der Waals surface area contributed by atoms with Gasteiger partial charge in [0.1, 0.15) is 11.6 Å². The van der Waals surface area contributed by atoms with E-state index in [1.54, 1.807) is 32.9 Å². The molecule has 0 heterocycles. The normalized spacial score (nSPS) is 12.4. The second kappa shape index (κ2) is 7.02. The molecule has 1 rings (SSSR count). The van der Waals surface area contributed by atoms with Gasteiger partial charge in [-0.2, -0.15) is 0 Å². The molecule has 0 spiro atoms. The summed E-state index contributed by atoms with van der Waals surface area (Å²) in [5.41, 5.74) is 7.29. The second-order valence-corrected chi connectivity index (χ2v) is 6.01. The van der Waals surface area contributed by atoms with E-state index in [0.717, 1.165) is 5.56 Å². The largest absolute Gasteiger partial charge is 0.480 e. The topological polar surface area (TPSA) is 114 Å². The molecule has 1 atom stereocenters. The van der Waals surface area contributed by atoms with E-state index in [4.69, 9.17) is 10.5 Å². The third-order valence-electron chi connectivity index (χ3n) is 2.69. The van der Waals surface area contributed by atoms with Gasteiger partial charge < -0.3 is 26.2 Å². The van der Waals surface area contributed by atoms with Gasteiger partial charge in [0.25, 0.3) is 0 Å². The number of aliphatic carboxylic acids is 1. The van der Waals surface area contributed by atoms with Gasteiger partial charge in [0, 0.05) is 6.54 Å². The van der Waals surface area contributed by atoms with Crippen molar-refractivity contribution in [1.82, 2.24) is 5.32 Å². The average Bonchev–Trinajstić information content (AvgIpc) is 2.33. The van der Waals surface area contributed by atoms with Crippen molar-refractivity contribution in [2.24, 2.45) is 0 Å². The van der Waals surface area contributed by atoms with Crippen LogP contribution in [-0.4, -0.2) is 35.4 Å². The van der Waals surface area contributed by atoms with E-state index in [1.807, 2.05) is 13.0 Å². The van der Waals surface area contributed by atoms with Crippen LogP contribution < -0.4 is 16.4 Å². The van der Waals surface area contributed by atoms with Gasteiger partial charge in [-0.05, 0) is 45.4 Å². The van der Waals surface area contributed by atoms with Crippen LogP contribution in [0.4, 0.5) is 16.2 Å². The van der Waals surface area contributed by atoms with Gasteiger partial charge in [0.05, 0.1) is 11.4 Å². The second-order valence-electron chi connectivity index (χ2n) is 6.01. The summed E-state index contributed by atoms with van der Waals surface area (Å²) < 4.78 is 5.04. The minimum absolute atomic E-state index is 0.0121. The Kier molecular flexibility index (Phi) is 5.62. The Morgan fingerprint density at radius 2 is 2.00 bits per heavy atom. The first-order valence-corrected chi connectivity index (χ1v) is 6.91. The molecule has 0 aliphatic carbocycles. The quantitative estimate of drug-likeness (QED) is 0.618. The SMILES string of the molecule is Cc1ccc(NCC(NC(=O)OC(C)(C)C)C(=O)O)c(N)c1. The van der Waals surface area contributed by atoms with Gasteiger partial charge in [0.15, 0.2) is 0 Å². The zero-order valence-electron chi connectivity index (χ0n) is 13.3. The van der Waals surface area contributed by atoms with Crippen molar-refractivity contribution in [3.05, 3.63) is 23.8 Å². The predicted octanol–water partition coefficient (Wildman–Crippen LogP) is 1.97. The van der Waals surface area contributed by atoms with Crippen LogP contribution in [0, 0.1) is 6.92 Å². The first-order valence-electron chi connectivity index (χ1n) is 6.91. The third-order valence-corrected chi connectivity index (χ3v) is 2.69. The van der Waals surface area contributed by atoms with E-state index < -0.39 is 23.7 Å². The molecule has 7 heteroatoms. The molecule has 5 N–H and O–H groups in total. The Morgan fingerprint density at radius 3 is 2.50 bits per heavy atom. The molecule has 0 aliphatic heterocycles. The fraction of sp³-hybridized carbons (Fsp3) is 0.467. The molecule has 1 amide bonds. The highest BCUT2D eigenvalue weighted by molar-refractivity contribution is 5.81. The number of carboxylic acid groups (broad SMARTS) is 1. The number of carbonyl (C=O) groups is 2. The Bertz CT molecular complexity index is 552. The van der Waals surface area contributed by atoms with E-state index in [1.165, 1.54) is 0 Å². The van der Waals surface area contributed by atoms with Gasteiger partial charge in [-0.3, -0.25) is 0 Å². The van der Waals surface area contributed by atoms with E-state index in [9.17, 15) is 14.7 Å². The summed E-state index contributed by atoms with van der Waals surface area (Å²) >= 11 is 0. The summed E-state index contributed by atoms with van der Waals surface area (Å²) in [6, 6.07) is 4.27. The summed E-state index contributed by atoms with van der Waals surface area (Å²) in [5, 5.41) is 14.4. The number of alkyl carbamates (subject to hydrolysis) is 1. The molecule has 0 radical (unpaired) electrons. The van der Waals surface area contributed by atoms with Crippen molar-refractivity contribution in [2.45, 2.75) is 39.3 Å². The number of anilines is 2. The smallest absolute Gasteiger partial charge is 0.408 e. The van der Waals surface area contributed by atoms with Crippen molar-refractivity contribution >= 4 is 23.4 Å². The summed E-state index contributed by atoms with van der Waals surface area (Å²) in [6.07, 6.45) is -0.779. The van der Waals surface area contributed by atoms with Gasteiger partial charge in [-0.25, -0.2) is 9.59 Å². The molecule has 0 saturated heterocycles. The third kappa shape index (κ3) is 5.90. The molecule has 1 aromatic rings. The number of carboxylic acids is 1. The lowest BCUT2D eigenvalue weighted by molar-refractivity contribution is -0.139. The van der Waals surface area contributed by atoms with Crippen LogP contribution in [0.25, 0.3) is 0 Å². The van der Waals surface area contributed by atoms with Crippen LogP contribution in [0.5, 0.6) is 0 Å². The van der Waals surface area contributed by atoms with Gasteiger partial charge in [-0.15, -0.1) is 0 Å². The maximum atomic E-state index is 11.6. The lowest BCUT2D eigenvalue weighted by atomic mass is 10.2. The van der Waals surface area contributed by atoms with Crippen LogP contribution in [0.2, 0.25) is 0 Å². The highest BCUT2D eigenvalue weighted by atomic mass is 16.6. The lowest BCUT2D eigenvalue weighted by Gasteiger charge is -2.22. The molecule has 7 nitrogen and oxygen atoms in total. The van der Waals surface area contributed by atoms with Crippen molar-refractivity contribution in [2.75, 3.05) is 17.6 Å². The molecule has 1 aromatic carbocycles. The molecular formula is C15H23N3O4. The first-order chi connectivity index (χ1) is 10.1. The molecule has 0 aliphatic rings. The molecular weight excluding hydrogens is 286 g/mol. The number of ether oxygens (including phenoxy) is 1. The zero-order valence-corrected chi connectivity index (χ0v) is 13.3. The number of nitrogens with two attached hydrogens (primary N) is 1. The van der Waals surface area contributed by atoms with Crippen LogP contribution >= 0.6 is 0 Å². The fourth-order valence-electron chi connectivity index (χ4n) is 1.71. The number of benzene rings is 1. The standard InChI is InChI=1S/C15H23N3O4/c1-9-5-6-11(10(16)7-9)17-8-12(13(19)20)18-14(21)22-15(2,3)4/h5-7,12,17H,8,16H2,1-4H3,(H,18,21)(H,19,20). The monoisotopic (exact) mass is 309 g/mol. The van der Waals surface area contributed by atoms with Crippen molar-refractivity contribution in [3.63, 3.8) is 0 Å². The van der Waals surface area contributed by atoms with Crippen molar-refractivity contribution in [1.29, 1.82) is 0 Å². The minimum Gasteiger partial charge on any atom is -0.480 e. The van der Waals surface area contributed by atoms with Crippen molar-refractivity contribution < 1.29 is 19.4 Å². The summed E-state index contributed by atoms with van der Waals surface area (Å²) in [5.74, 6) is -1.16. The summed E-state index contributed by atoms with van der Waals surface area (Å²) in [6.45, 7) is 7.00. The fourth-order valence-corrected chi connectivity index (χ4v) is 1.71. The van der Waals surface area contributed by atoms with Crippen LogP contribution in [0.1, 0.15) is 26.3 Å². The number of carbonyl (C=O) groups excluding carboxylic acids is 1. The van der Waals surface area contributed by atoms with Gasteiger partial charge in [-0.1, -0.05) is 6.07 Å². The van der Waals surface area contributed by atoms with E-state index in [-0.39, 0.29) is 6.54 Å². The Labute approximate surface area is 129 Å². The molecule has 22 heavy (non-hydrogen) atoms. The maximum Gasteiger partial charge on any atom is 0.408 e. The molecule has 0 aromatic heterocycles. The lowest BCUT2D eigenvalue weighted by Crippen LogP contribution is -2.47. The Balaban J connectivity index is 2.65. The molecule has 1 unspecified atom stereocenters. The van der Waals surface area contributed by atoms with E-state index >= 15 is 0 Å². The number of hydrogen-bond acceptors (Lipinski definition) is 5. The number of nitrogen functional groups attached to an aromatic ring is 1. The highest BCUT2D eigenvalue weighted by Gasteiger charge is 2.23. The highest BCUT2D eigenvalue weighted by Crippen LogP contribution is 2.19. The van der Waals surface area contributed by atoms with Crippen molar-refractivity contribution in [3.8, 4) is 0 Å². The van der Waals surface area contributed by atoms with Gasteiger partial charge >= 0.3 is 12.1 Å². The number of nitrogens with one attached hydrogen (secondary N) is 2. The Hall–Kier alpha value is -2.44. The number of aryl methyl sites for hydroxylation is 1. The molecule has 0 saturated carbocycles. The average molecular weight is 309 g/mol. The van der Waals surface area contributed by atoms with Crippen LogP contribution in [-0.2, 0) is 9.53 Å². The number of amides is 1. The number of rotatable bonds is 5. The van der Waals surface area contributed by atoms with E-state index in [0.29, 0.717) is 11.4 Å². The minimum atomic E-state index is -1.16. The molecule has 0 bridgehead atoms. The predicted molar refractivity (Wildman–Crippen MR) is 84.9 cm³/mol. The van der Waals surface area contributed by atoms with Crippen LogP contribution in [0.3, 0.4) is 0 Å². The first kappa shape index (κ1) is 17.6. The van der Waals surface area contributed by atoms with Crippen LogP contribution in [0.15, 0.2) is 18.2 Å².